The normalized spacial score (nSPS) is 7.00. The van der Waals surface area contributed by atoms with Gasteiger partial charge in [0, 0.05) is 1.43 Å². The van der Waals surface area contributed by atoms with Crippen LogP contribution >= 0.6 is 0 Å². The molecule has 0 spiro atoms. The number of aromatic amines is 1. The number of hydrogen-bond acceptors (Lipinski definition) is 3. The maximum absolute atomic E-state index is 10.0. The Hall–Kier alpha value is -1.06. The summed E-state index contributed by atoms with van der Waals surface area (Å²) in [6.07, 6.45) is 0. The molecule has 4 nitrogen and oxygen atoms in total. The van der Waals surface area contributed by atoms with Crippen LogP contribution in [0.4, 0.5) is 0 Å². The molecule has 11 heavy (non-hydrogen) atoms. The summed E-state index contributed by atoms with van der Waals surface area (Å²) < 4.78 is 4.10. The van der Waals surface area contributed by atoms with Crippen LogP contribution in [0.1, 0.15) is 34.9 Å². The van der Waals surface area contributed by atoms with Gasteiger partial charge in [-0.05, 0) is 6.92 Å². The third-order valence-corrected chi connectivity index (χ3v) is 0.548. The van der Waals surface area contributed by atoms with E-state index in [2.05, 4.69) is 14.7 Å². The highest BCUT2D eigenvalue weighted by Crippen LogP contribution is 1.72. The number of nitrogens with one attached hydrogen (secondary N) is 1. The van der Waals surface area contributed by atoms with Gasteiger partial charge in [-0.15, -0.1) is 0 Å². The van der Waals surface area contributed by atoms with E-state index in [1.165, 1.54) is 0 Å². The van der Waals surface area contributed by atoms with Crippen LogP contribution in [0.25, 0.3) is 0 Å². The van der Waals surface area contributed by atoms with E-state index in [9.17, 15) is 4.79 Å². The SMILES string of the molecule is CC.CC.Cc1noc(=O)[nH]1.[HH]. The van der Waals surface area contributed by atoms with E-state index >= 15 is 0 Å². The minimum Gasteiger partial charge on any atom is -0.296 e. The largest absolute Gasteiger partial charge is 0.438 e. The molecule has 0 fully saturated rings. The van der Waals surface area contributed by atoms with Crippen molar-refractivity contribution in [2.45, 2.75) is 34.6 Å². The summed E-state index contributed by atoms with van der Waals surface area (Å²) in [5.74, 6) is 0.00231. The Bertz CT molecular complexity index is 207. The van der Waals surface area contributed by atoms with Gasteiger partial charge in [-0.2, -0.15) is 0 Å². The first kappa shape index (κ1) is 12.6. The summed E-state index contributed by atoms with van der Waals surface area (Å²) in [6, 6.07) is 0. The lowest BCUT2D eigenvalue weighted by Gasteiger charge is -1.62. The molecule has 0 saturated carbocycles. The molecule has 0 radical (unpaired) electrons. The molecule has 1 N–H and O–H groups in total. The van der Waals surface area contributed by atoms with E-state index in [1.807, 2.05) is 27.7 Å². The number of H-pyrrole nitrogens is 1. The topological polar surface area (TPSA) is 58.9 Å². The third kappa shape index (κ3) is 6.83. The summed E-state index contributed by atoms with van der Waals surface area (Å²) in [6.45, 7) is 9.64. The number of nitrogens with zero attached hydrogens (tertiary/aromatic N) is 1. The molecule has 0 aromatic carbocycles. The predicted molar refractivity (Wildman–Crippen MR) is 46.7 cm³/mol. The van der Waals surface area contributed by atoms with Gasteiger partial charge < -0.3 is 0 Å². The highest BCUT2D eigenvalue weighted by molar-refractivity contribution is 4.68. The first-order valence-corrected chi connectivity index (χ1v) is 3.81. The molecule has 0 bridgehead atoms. The van der Waals surface area contributed by atoms with Crippen molar-refractivity contribution in [2.24, 2.45) is 0 Å². The average Bonchev–Trinajstić information content (AvgIpc) is 2.43. The molecule has 0 aliphatic rings. The molecule has 0 amide bonds. The highest BCUT2D eigenvalue weighted by Gasteiger charge is 1.86. The zero-order valence-electron chi connectivity index (χ0n) is 7.76. The first-order chi connectivity index (χ1) is 5.29. The van der Waals surface area contributed by atoms with Crippen molar-refractivity contribution in [2.75, 3.05) is 0 Å². The van der Waals surface area contributed by atoms with Gasteiger partial charge in [-0.1, -0.05) is 32.9 Å². The zero-order valence-corrected chi connectivity index (χ0v) is 7.76. The van der Waals surface area contributed by atoms with Crippen LogP contribution in [0.5, 0.6) is 0 Å². The van der Waals surface area contributed by atoms with Gasteiger partial charge in [0.2, 0.25) is 0 Å². The Morgan fingerprint density at radius 2 is 1.82 bits per heavy atom. The lowest BCUT2D eigenvalue weighted by Crippen LogP contribution is -1.93. The number of hydrogen-bond donors (Lipinski definition) is 1. The molecule has 1 rings (SSSR count). The lowest BCUT2D eigenvalue weighted by molar-refractivity contribution is 0.383. The minimum absolute atomic E-state index is 0. The first-order valence-electron chi connectivity index (χ1n) is 3.81. The van der Waals surface area contributed by atoms with Crippen molar-refractivity contribution in [1.29, 1.82) is 0 Å². The summed E-state index contributed by atoms with van der Waals surface area (Å²) >= 11 is 0. The van der Waals surface area contributed by atoms with E-state index in [-0.39, 0.29) is 1.43 Å². The molecular formula is C7H18N2O2. The van der Waals surface area contributed by atoms with Crippen molar-refractivity contribution in [3.8, 4) is 0 Å². The fraction of sp³-hybridized carbons (Fsp3) is 0.714. The molecule has 68 valence electrons. The Balaban J connectivity index is -0.000000144. The summed E-state index contributed by atoms with van der Waals surface area (Å²) in [5, 5.41) is 3.27. The van der Waals surface area contributed by atoms with E-state index in [1.54, 1.807) is 6.92 Å². The van der Waals surface area contributed by atoms with E-state index in [0.29, 0.717) is 5.82 Å². The fourth-order valence-corrected chi connectivity index (χ4v) is 0.303. The monoisotopic (exact) mass is 162 g/mol. The van der Waals surface area contributed by atoms with Crippen molar-refractivity contribution in [3.63, 3.8) is 0 Å². The number of rotatable bonds is 0. The molecule has 1 heterocycles. The van der Waals surface area contributed by atoms with Crippen LogP contribution in [-0.2, 0) is 0 Å². The second-order valence-electron chi connectivity index (χ2n) is 1.18. The molecule has 0 saturated heterocycles. The van der Waals surface area contributed by atoms with Gasteiger partial charge in [0.05, 0.1) is 0 Å². The van der Waals surface area contributed by atoms with Crippen molar-refractivity contribution < 1.29 is 5.95 Å². The molecule has 1 aromatic heterocycles. The second kappa shape index (κ2) is 8.94. The van der Waals surface area contributed by atoms with Crippen molar-refractivity contribution in [1.82, 2.24) is 10.1 Å². The van der Waals surface area contributed by atoms with Crippen molar-refractivity contribution >= 4 is 0 Å². The van der Waals surface area contributed by atoms with E-state index in [0.717, 1.165) is 0 Å². The maximum atomic E-state index is 10.0. The quantitative estimate of drug-likeness (QED) is 0.634. The van der Waals surface area contributed by atoms with Crippen LogP contribution < -0.4 is 5.76 Å². The smallest absolute Gasteiger partial charge is 0.296 e. The van der Waals surface area contributed by atoms with Gasteiger partial charge in [0.1, 0.15) is 5.82 Å². The van der Waals surface area contributed by atoms with Crippen LogP contribution in [-0.4, -0.2) is 10.1 Å². The van der Waals surface area contributed by atoms with Gasteiger partial charge in [0.25, 0.3) is 0 Å². The van der Waals surface area contributed by atoms with Gasteiger partial charge in [-0.3, -0.25) is 9.51 Å². The molecule has 0 atom stereocenters. The van der Waals surface area contributed by atoms with E-state index < -0.39 is 5.76 Å². The minimum atomic E-state index is -0.502. The van der Waals surface area contributed by atoms with Gasteiger partial charge in [0.15, 0.2) is 0 Å². The highest BCUT2D eigenvalue weighted by atomic mass is 16.5. The summed E-state index contributed by atoms with van der Waals surface area (Å²) in [7, 11) is 0. The standard InChI is InChI=1S/C3H4N2O2.2C2H6.H2/c1-2-4-3(6)7-5-2;2*1-2;/h1H3,(H,4,5,6);2*1-2H3;1H. The number of aromatic nitrogens is 2. The molecular weight excluding hydrogens is 144 g/mol. The predicted octanol–water partition coefficient (Wildman–Crippen LogP) is 1.97. The molecule has 0 aliphatic heterocycles. The zero-order chi connectivity index (χ0) is 9.28. The number of aryl methyl sites for hydroxylation is 1. The van der Waals surface area contributed by atoms with E-state index in [4.69, 9.17) is 0 Å². The fourth-order valence-electron chi connectivity index (χ4n) is 0.303. The summed E-state index contributed by atoms with van der Waals surface area (Å²) in [5.41, 5.74) is 0. The molecule has 1 aromatic rings. The van der Waals surface area contributed by atoms with Crippen LogP contribution in [0.3, 0.4) is 0 Å². The molecule has 0 aliphatic carbocycles. The molecule has 4 heteroatoms. The summed E-state index contributed by atoms with van der Waals surface area (Å²) in [4.78, 5) is 12.3. The molecule has 0 unspecified atom stereocenters. The Labute approximate surface area is 68.1 Å². The maximum Gasteiger partial charge on any atom is 0.438 e. The third-order valence-electron chi connectivity index (χ3n) is 0.548. The van der Waals surface area contributed by atoms with Gasteiger partial charge in [-0.25, -0.2) is 4.79 Å². The van der Waals surface area contributed by atoms with Gasteiger partial charge >= 0.3 is 5.76 Å². The average molecular weight is 162 g/mol. The van der Waals surface area contributed by atoms with Crippen molar-refractivity contribution in [3.05, 3.63) is 16.4 Å². The lowest BCUT2D eigenvalue weighted by atomic mass is 10.8. The Kier molecular flexibility index (Phi) is 10.2. The van der Waals surface area contributed by atoms with Crippen LogP contribution in [0.2, 0.25) is 0 Å². The Morgan fingerprint density at radius 1 is 1.36 bits per heavy atom. The van der Waals surface area contributed by atoms with Crippen LogP contribution in [0.15, 0.2) is 9.32 Å². The van der Waals surface area contributed by atoms with Crippen LogP contribution in [0, 0.1) is 6.92 Å². The second-order valence-corrected chi connectivity index (χ2v) is 1.18. The Morgan fingerprint density at radius 3 is 1.91 bits per heavy atom.